The van der Waals surface area contributed by atoms with Crippen LogP contribution < -0.4 is 10.2 Å². The van der Waals surface area contributed by atoms with Crippen molar-refractivity contribution in [2.45, 2.75) is 52.7 Å². The Morgan fingerprint density at radius 1 is 1.17 bits per heavy atom. The van der Waals surface area contributed by atoms with Gasteiger partial charge in [-0.2, -0.15) is 0 Å². The zero-order valence-electron chi connectivity index (χ0n) is 15.0. The summed E-state index contributed by atoms with van der Waals surface area (Å²) < 4.78 is 0. The molecule has 0 radical (unpaired) electrons. The lowest BCUT2D eigenvalue weighted by Gasteiger charge is -2.28. The highest BCUT2D eigenvalue weighted by Gasteiger charge is 2.15. The van der Waals surface area contributed by atoms with Crippen LogP contribution in [-0.4, -0.2) is 23.0 Å². The van der Waals surface area contributed by atoms with E-state index < -0.39 is 0 Å². The van der Waals surface area contributed by atoms with Crippen molar-refractivity contribution >= 4 is 11.7 Å². The van der Waals surface area contributed by atoms with E-state index >= 15 is 0 Å². The summed E-state index contributed by atoms with van der Waals surface area (Å²) >= 11 is 0. The molecule has 1 atom stereocenters. The van der Waals surface area contributed by atoms with Crippen molar-refractivity contribution in [1.82, 2.24) is 10.3 Å². The number of pyridine rings is 1. The normalized spacial score (nSPS) is 12.0. The Morgan fingerprint density at radius 2 is 1.88 bits per heavy atom. The van der Waals surface area contributed by atoms with Crippen LogP contribution in [-0.2, 0) is 6.54 Å². The van der Waals surface area contributed by atoms with E-state index in [2.05, 4.69) is 48.1 Å². The number of carbonyl (C=O) groups is 1. The van der Waals surface area contributed by atoms with Gasteiger partial charge in [0.05, 0.1) is 0 Å². The molecule has 4 nitrogen and oxygen atoms in total. The lowest BCUT2D eigenvalue weighted by molar-refractivity contribution is 0.0939. The van der Waals surface area contributed by atoms with Crippen molar-refractivity contribution < 1.29 is 4.79 Å². The van der Waals surface area contributed by atoms with Gasteiger partial charge in [-0.05, 0) is 44.9 Å². The van der Waals surface area contributed by atoms with Gasteiger partial charge in [-0.25, -0.2) is 4.98 Å². The van der Waals surface area contributed by atoms with Gasteiger partial charge < -0.3 is 10.2 Å². The van der Waals surface area contributed by atoms with Crippen LogP contribution in [0.15, 0.2) is 48.7 Å². The van der Waals surface area contributed by atoms with Gasteiger partial charge in [0.2, 0.25) is 0 Å². The van der Waals surface area contributed by atoms with Gasteiger partial charge in [0.1, 0.15) is 5.82 Å². The number of anilines is 1. The molecule has 0 saturated carbocycles. The van der Waals surface area contributed by atoms with E-state index in [0.29, 0.717) is 5.56 Å². The maximum absolute atomic E-state index is 12.4. The van der Waals surface area contributed by atoms with Gasteiger partial charge >= 0.3 is 0 Å². The largest absolute Gasteiger partial charge is 0.350 e. The molecule has 1 heterocycles. The van der Waals surface area contributed by atoms with Crippen molar-refractivity contribution in [2.24, 2.45) is 0 Å². The van der Waals surface area contributed by atoms with Gasteiger partial charge in [0.25, 0.3) is 5.91 Å². The Hall–Kier alpha value is -2.36. The predicted octanol–water partition coefficient (Wildman–Crippen LogP) is 4.02. The Morgan fingerprint density at radius 3 is 2.50 bits per heavy atom. The monoisotopic (exact) mass is 325 g/mol. The Labute approximate surface area is 144 Å². The molecule has 1 aromatic carbocycles. The lowest BCUT2D eigenvalue weighted by Crippen LogP contribution is -2.33. The lowest BCUT2D eigenvalue weighted by atomic mass is 10.1. The molecule has 1 N–H and O–H groups in total. The summed E-state index contributed by atoms with van der Waals surface area (Å²) in [5.41, 5.74) is 1.88. The minimum atomic E-state index is -0.0450. The number of hydrogen-bond donors (Lipinski definition) is 1. The van der Waals surface area contributed by atoms with E-state index in [9.17, 15) is 4.79 Å². The topological polar surface area (TPSA) is 45.2 Å². The van der Waals surface area contributed by atoms with Gasteiger partial charge in [0, 0.05) is 30.4 Å². The molecule has 0 fully saturated rings. The summed E-state index contributed by atoms with van der Waals surface area (Å²) in [6.07, 6.45) is 2.62. The molecular formula is C20H27N3O. The highest BCUT2D eigenvalue weighted by Crippen LogP contribution is 2.19. The molecule has 4 heteroatoms. The number of aromatic nitrogens is 1. The molecule has 0 spiro atoms. The average Bonchev–Trinajstić information content (AvgIpc) is 2.60. The summed E-state index contributed by atoms with van der Waals surface area (Å²) in [7, 11) is 0. The zero-order chi connectivity index (χ0) is 17.5. The van der Waals surface area contributed by atoms with E-state index in [-0.39, 0.29) is 18.0 Å². The van der Waals surface area contributed by atoms with Crippen LogP contribution in [0.5, 0.6) is 0 Å². The molecule has 0 bridgehead atoms. The number of nitrogens with zero attached hydrogens (tertiary/aromatic N) is 2. The summed E-state index contributed by atoms with van der Waals surface area (Å²) in [6.45, 7) is 9.11. The smallest absolute Gasteiger partial charge is 0.251 e. The molecule has 0 aliphatic heterocycles. The quantitative estimate of drug-likeness (QED) is 0.836. The number of nitrogens with one attached hydrogen (secondary N) is 1. The summed E-state index contributed by atoms with van der Waals surface area (Å²) in [5.74, 6) is 0.780. The zero-order valence-corrected chi connectivity index (χ0v) is 15.0. The van der Waals surface area contributed by atoms with Crippen LogP contribution in [0.25, 0.3) is 0 Å². The molecule has 128 valence electrons. The third kappa shape index (κ3) is 4.82. The fourth-order valence-electron chi connectivity index (χ4n) is 2.43. The molecule has 2 aromatic rings. The van der Waals surface area contributed by atoms with E-state index in [4.69, 9.17) is 0 Å². The van der Waals surface area contributed by atoms with Crippen LogP contribution in [0.4, 0.5) is 5.82 Å². The first kappa shape index (κ1) is 18.0. The fourth-order valence-corrected chi connectivity index (χ4v) is 2.43. The standard InChI is InChI=1S/C20H27N3O/c1-5-16(4)22-20(24)18-11-12-21-19(13-18)23(15(2)3)14-17-9-7-6-8-10-17/h6-13,15-16H,5,14H2,1-4H3,(H,22,24). The van der Waals surface area contributed by atoms with Crippen LogP contribution in [0, 0.1) is 0 Å². The van der Waals surface area contributed by atoms with Gasteiger partial charge in [-0.3, -0.25) is 4.79 Å². The maximum Gasteiger partial charge on any atom is 0.251 e. The van der Waals surface area contributed by atoms with Crippen molar-refractivity contribution in [3.8, 4) is 0 Å². The maximum atomic E-state index is 12.4. The summed E-state index contributed by atoms with van der Waals surface area (Å²) in [4.78, 5) is 19.0. The Bertz CT molecular complexity index is 655. The number of rotatable bonds is 7. The SMILES string of the molecule is CCC(C)NC(=O)c1ccnc(N(Cc2ccccc2)C(C)C)c1. The van der Waals surface area contributed by atoms with E-state index in [1.165, 1.54) is 5.56 Å². The van der Waals surface area contributed by atoms with E-state index in [1.54, 1.807) is 12.3 Å². The molecule has 1 unspecified atom stereocenters. The summed E-state index contributed by atoms with van der Waals surface area (Å²) in [5, 5.41) is 3.01. The highest BCUT2D eigenvalue weighted by atomic mass is 16.1. The molecular weight excluding hydrogens is 298 g/mol. The van der Waals surface area contributed by atoms with Crippen molar-refractivity contribution in [3.63, 3.8) is 0 Å². The third-order valence-electron chi connectivity index (χ3n) is 4.11. The van der Waals surface area contributed by atoms with Gasteiger partial charge in [-0.1, -0.05) is 37.3 Å². The van der Waals surface area contributed by atoms with Crippen molar-refractivity contribution in [1.29, 1.82) is 0 Å². The minimum Gasteiger partial charge on any atom is -0.350 e. The van der Waals surface area contributed by atoms with Gasteiger partial charge in [0.15, 0.2) is 0 Å². The Kier molecular flexibility index (Phi) is 6.36. The number of hydrogen-bond acceptors (Lipinski definition) is 3. The molecule has 0 saturated heterocycles. The molecule has 1 amide bonds. The van der Waals surface area contributed by atoms with Crippen LogP contribution in [0.1, 0.15) is 50.0 Å². The fraction of sp³-hybridized carbons (Fsp3) is 0.400. The first-order chi connectivity index (χ1) is 11.5. The molecule has 0 aliphatic rings. The summed E-state index contributed by atoms with van der Waals surface area (Å²) in [6, 6.07) is 14.4. The second kappa shape index (κ2) is 8.48. The number of benzene rings is 1. The van der Waals surface area contributed by atoms with Gasteiger partial charge in [-0.15, -0.1) is 0 Å². The molecule has 0 aliphatic carbocycles. The predicted molar refractivity (Wildman–Crippen MR) is 99.2 cm³/mol. The van der Waals surface area contributed by atoms with Crippen LogP contribution in [0.3, 0.4) is 0 Å². The Balaban J connectivity index is 2.21. The molecule has 24 heavy (non-hydrogen) atoms. The minimum absolute atomic E-state index is 0.0450. The average molecular weight is 325 g/mol. The first-order valence-electron chi connectivity index (χ1n) is 8.58. The first-order valence-corrected chi connectivity index (χ1v) is 8.58. The highest BCUT2D eigenvalue weighted by molar-refractivity contribution is 5.95. The van der Waals surface area contributed by atoms with Crippen LogP contribution in [0.2, 0.25) is 0 Å². The van der Waals surface area contributed by atoms with Crippen molar-refractivity contribution in [3.05, 3.63) is 59.8 Å². The number of amides is 1. The second-order valence-corrected chi connectivity index (χ2v) is 6.39. The molecule has 1 aromatic heterocycles. The second-order valence-electron chi connectivity index (χ2n) is 6.39. The number of carbonyl (C=O) groups excluding carboxylic acids is 1. The third-order valence-corrected chi connectivity index (χ3v) is 4.11. The van der Waals surface area contributed by atoms with E-state index in [0.717, 1.165) is 18.8 Å². The van der Waals surface area contributed by atoms with Crippen LogP contribution >= 0.6 is 0 Å². The van der Waals surface area contributed by atoms with E-state index in [1.807, 2.05) is 31.2 Å². The van der Waals surface area contributed by atoms with Crippen molar-refractivity contribution in [2.75, 3.05) is 4.90 Å². The molecule has 2 rings (SSSR count).